The van der Waals surface area contributed by atoms with Crippen molar-refractivity contribution in [2.45, 2.75) is 23.3 Å². The molecule has 1 aromatic rings. The fourth-order valence-corrected chi connectivity index (χ4v) is 3.51. The number of nitro groups is 1. The molecule has 0 aliphatic carbocycles. The maximum Gasteiger partial charge on any atom is 0.289 e. The molecule has 0 spiro atoms. The number of rotatable bonds is 7. The molecular weight excluding hydrogens is 362 g/mol. The topological polar surface area (TPSA) is 130 Å². The van der Waals surface area contributed by atoms with Gasteiger partial charge in [-0.3, -0.25) is 20.2 Å². The molecule has 0 aromatic heterocycles. The van der Waals surface area contributed by atoms with Crippen LogP contribution in [0.25, 0.3) is 0 Å². The summed E-state index contributed by atoms with van der Waals surface area (Å²) in [5.41, 5.74) is -0.573. The number of sulfonamides is 1. The van der Waals surface area contributed by atoms with Gasteiger partial charge in [-0.1, -0.05) is 12.1 Å². The quantitative estimate of drug-likeness (QED) is 0.347. The summed E-state index contributed by atoms with van der Waals surface area (Å²) in [6.45, 7) is -0.985. The van der Waals surface area contributed by atoms with E-state index >= 15 is 0 Å². The fourth-order valence-electron chi connectivity index (χ4n) is 2.31. The Morgan fingerprint density at radius 1 is 1.36 bits per heavy atom. The van der Waals surface area contributed by atoms with Crippen molar-refractivity contribution in [1.82, 2.24) is 15.4 Å². The maximum atomic E-state index is 13.0. The van der Waals surface area contributed by atoms with Crippen LogP contribution in [0.3, 0.4) is 0 Å². The van der Waals surface area contributed by atoms with Crippen molar-refractivity contribution < 1.29 is 26.9 Å². The van der Waals surface area contributed by atoms with Crippen LogP contribution in [-0.4, -0.2) is 50.8 Å². The van der Waals surface area contributed by atoms with E-state index in [0.717, 1.165) is 12.1 Å². The van der Waals surface area contributed by atoms with Crippen molar-refractivity contribution in [2.24, 2.45) is 0 Å². The van der Waals surface area contributed by atoms with Crippen molar-refractivity contribution in [3.05, 3.63) is 34.4 Å². The van der Waals surface area contributed by atoms with E-state index in [4.69, 9.17) is 0 Å². The molecule has 1 heterocycles. The Labute approximate surface area is 142 Å². The van der Waals surface area contributed by atoms with Gasteiger partial charge in [0.05, 0.1) is 17.5 Å². The second-order valence-corrected chi connectivity index (χ2v) is 7.14. The Balaban J connectivity index is 1.87. The van der Waals surface area contributed by atoms with Crippen LogP contribution < -0.4 is 15.4 Å². The van der Waals surface area contributed by atoms with Gasteiger partial charge in [-0.25, -0.2) is 21.9 Å². The average Bonchev–Trinajstić information content (AvgIpc) is 2.91. The highest BCUT2D eigenvalue weighted by molar-refractivity contribution is 7.89. The number of hydrogen-bond donors (Lipinski definition) is 3. The predicted octanol–water partition coefficient (Wildman–Crippen LogP) is -0.0135. The first-order chi connectivity index (χ1) is 11.6. The second-order valence-electron chi connectivity index (χ2n) is 5.41. The number of hydrogen-bond acceptors (Lipinski definition) is 6. The first-order valence-corrected chi connectivity index (χ1v) is 8.73. The summed E-state index contributed by atoms with van der Waals surface area (Å²) in [5, 5.41) is 15.6. The van der Waals surface area contributed by atoms with Gasteiger partial charge in [0.1, 0.15) is 0 Å². The molecule has 1 aliphatic rings. The summed E-state index contributed by atoms with van der Waals surface area (Å²) >= 11 is 0. The molecule has 1 unspecified atom stereocenters. The van der Waals surface area contributed by atoms with E-state index < -0.39 is 56.4 Å². The minimum atomic E-state index is -4.15. The second kappa shape index (κ2) is 7.37. The van der Waals surface area contributed by atoms with Crippen molar-refractivity contribution >= 4 is 21.6 Å². The highest BCUT2D eigenvalue weighted by atomic mass is 32.2. The van der Waals surface area contributed by atoms with Crippen LogP contribution in [0.2, 0.25) is 0 Å². The van der Waals surface area contributed by atoms with Crippen molar-refractivity contribution in [3.63, 3.8) is 0 Å². The third-order valence-electron chi connectivity index (χ3n) is 3.49. The molecule has 3 N–H and O–H groups in total. The summed E-state index contributed by atoms with van der Waals surface area (Å²) in [7, 11) is -4.15. The van der Waals surface area contributed by atoms with E-state index in [0.29, 0.717) is 0 Å². The minimum Gasteiger partial charge on any atom is -0.353 e. The Bertz CT molecular complexity index is 771. The van der Waals surface area contributed by atoms with E-state index in [1.54, 1.807) is 0 Å². The van der Waals surface area contributed by atoms with Gasteiger partial charge >= 0.3 is 0 Å². The lowest BCUT2D eigenvalue weighted by Crippen LogP contribution is -2.43. The molecular formula is C13H16F2N4O5S. The molecule has 1 saturated heterocycles. The summed E-state index contributed by atoms with van der Waals surface area (Å²) in [6.07, 6.45) is -0.624. The van der Waals surface area contributed by atoms with Gasteiger partial charge in [0.2, 0.25) is 15.9 Å². The number of para-hydroxylation sites is 1. The smallest absolute Gasteiger partial charge is 0.289 e. The van der Waals surface area contributed by atoms with Crippen LogP contribution >= 0.6 is 0 Å². The van der Waals surface area contributed by atoms with Crippen LogP contribution in [-0.2, 0) is 14.8 Å². The number of nitrogens with zero attached hydrogens (tertiary/aromatic N) is 1. The van der Waals surface area contributed by atoms with E-state index in [9.17, 15) is 32.1 Å². The molecule has 12 heteroatoms. The van der Waals surface area contributed by atoms with Gasteiger partial charge in [0.15, 0.2) is 4.90 Å². The standard InChI is InChI=1S/C13H16F2N4O5S/c14-13(15)7-9(17-8-13)12(20)16-5-6-18-25(23,24)11-4-2-1-3-10(11)19(21)22/h1-4,9,17-18H,5-8H2,(H,16,20). The first-order valence-electron chi connectivity index (χ1n) is 7.24. The molecule has 0 radical (unpaired) electrons. The molecule has 0 saturated carbocycles. The molecule has 0 bridgehead atoms. The number of carbonyl (C=O) groups is 1. The van der Waals surface area contributed by atoms with Crippen molar-refractivity contribution in [2.75, 3.05) is 19.6 Å². The van der Waals surface area contributed by atoms with Crippen LogP contribution in [0.15, 0.2) is 29.2 Å². The van der Waals surface area contributed by atoms with Gasteiger partial charge in [-0.2, -0.15) is 0 Å². The minimum absolute atomic E-state index is 0.150. The molecule has 9 nitrogen and oxygen atoms in total. The van der Waals surface area contributed by atoms with Crippen LogP contribution in [0.5, 0.6) is 0 Å². The molecule has 1 aliphatic heterocycles. The number of carbonyl (C=O) groups excluding carboxylic acids is 1. The summed E-state index contributed by atoms with van der Waals surface area (Å²) in [6, 6.07) is 3.78. The number of nitrogens with one attached hydrogen (secondary N) is 3. The number of alkyl halides is 2. The van der Waals surface area contributed by atoms with E-state index in [1.165, 1.54) is 12.1 Å². The van der Waals surface area contributed by atoms with E-state index in [-0.39, 0.29) is 13.1 Å². The molecule has 1 amide bonds. The Morgan fingerprint density at radius 2 is 2.04 bits per heavy atom. The van der Waals surface area contributed by atoms with Crippen molar-refractivity contribution in [3.8, 4) is 0 Å². The summed E-state index contributed by atoms with van der Waals surface area (Å²) < 4.78 is 52.3. The lowest BCUT2D eigenvalue weighted by Gasteiger charge is -2.12. The lowest BCUT2D eigenvalue weighted by atomic mass is 10.2. The Kier molecular flexibility index (Phi) is 5.65. The zero-order valence-electron chi connectivity index (χ0n) is 12.9. The fraction of sp³-hybridized carbons (Fsp3) is 0.462. The van der Waals surface area contributed by atoms with Crippen molar-refractivity contribution in [1.29, 1.82) is 0 Å². The molecule has 138 valence electrons. The molecule has 1 atom stereocenters. The third kappa shape index (κ3) is 4.90. The van der Waals surface area contributed by atoms with Crippen LogP contribution in [0, 0.1) is 10.1 Å². The molecule has 1 aromatic carbocycles. The number of benzene rings is 1. The SMILES string of the molecule is O=C(NCCNS(=O)(=O)c1ccccc1[N+](=O)[O-])C1CC(F)(F)CN1. The predicted molar refractivity (Wildman–Crippen MR) is 82.6 cm³/mol. The number of amides is 1. The van der Waals surface area contributed by atoms with E-state index in [1.807, 2.05) is 0 Å². The monoisotopic (exact) mass is 378 g/mol. The van der Waals surface area contributed by atoms with Crippen LogP contribution in [0.1, 0.15) is 6.42 Å². The Morgan fingerprint density at radius 3 is 2.64 bits per heavy atom. The highest BCUT2D eigenvalue weighted by Crippen LogP contribution is 2.25. The Hall–Kier alpha value is -2.18. The number of halogens is 2. The van der Waals surface area contributed by atoms with Gasteiger partial charge in [0, 0.05) is 25.6 Å². The molecule has 2 rings (SSSR count). The van der Waals surface area contributed by atoms with Crippen LogP contribution in [0.4, 0.5) is 14.5 Å². The zero-order chi connectivity index (χ0) is 18.7. The maximum absolute atomic E-state index is 13.0. The van der Waals surface area contributed by atoms with E-state index in [2.05, 4.69) is 15.4 Å². The van der Waals surface area contributed by atoms with Gasteiger partial charge < -0.3 is 5.32 Å². The van der Waals surface area contributed by atoms with Gasteiger partial charge in [0.25, 0.3) is 11.6 Å². The lowest BCUT2D eigenvalue weighted by molar-refractivity contribution is -0.387. The zero-order valence-corrected chi connectivity index (χ0v) is 13.7. The number of nitro benzene ring substituents is 1. The third-order valence-corrected chi connectivity index (χ3v) is 5.00. The molecule has 1 fully saturated rings. The summed E-state index contributed by atoms with van der Waals surface area (Å²) in [4.78, 5) is 21.3. The first kappa shape index (κ1) is 19.1. The normalized spacial score (nSPS) is 19.5. The highest BCUT2D eigenvalue weighted by Gasteiger charge is 2.42. The van der Waals surface area contributed by atoms with Gasteiger partial charge in [-0.05, 0) is 6.07 Å². The van der Waals surface area contributed by atoms with Gasteiger partial charge in [-0.15, -0.1) is 0 Å². The summed E-state index contributed by atoms with van der Waals surface area (Å²) in [5.74, 6) is -3.61. The largest absolute Gasteiger partial charge is 0.353 e. The average molecular weight is 378 g/mol. The molecule has 25 heavy (non-hydrogen) atoms.